The molecule has 4 aromatic rings. The highest BCUT2D eigenvalue weighted by molar-refractivity contribution is 6.01. The highest BCUT2D eigenvalue weighted by Gasteiger charge is 2.32. The van der Waals surface area contributed by atoms with E-state index in [1.54, 1.807) is 0 Å². The van der Waals surface area contributed by atoms with Gasteiger partial charge in [0, 0.05) is 12.2 Å². The number of para-hydroxylation sites is 1. The predicted octanol–water partition coefficient (Wildman–Crippen LogP) is 5.61. The first-order valence-corrected chi connectivity index (χ1v) is 9.49. The van der Waals surface area contributed by atoms with Crippen molar-refractivity contribution in [1.29, 1.82) is 0 Å². The van der Waals surface area contributed by atoms with Gasteiger partial charge in [0.1, 0.15) is 6.17 Å². The number of benzene rings is 4. The molecule has 0 bridgehead atoms. The van der Waals surface area contributed by atoms with E-state index >= 15 is 0 Å². The zero-order valence-corrected chi connectivity index (χ0v) is 15.4. The summed E-state index contributed by atoms with van der Waals surface area (Å²) in [4.78, 5) is 15.3. The SMILES string of the molecule is O=C1c2ccccc2NC(c2ccc3ccccc3c2)N1Cc1ccccc1. The summed E-state index contributed by atoms with van der Waals surface area (Å²) in [6.45, 7) is 0.554. The molecule has 1 N–H and O–H groups in total. The third kappa shape index (κ3) is 2.91. The molecular formula is C25H20N2O. The Labute approximate surface area is 164 Å². The van der Waals surface area contributed by atoms with Crippen molar-refractivity contribution < 1.29 is 4.79 Å². The van der Waals surface area contributed by atoms with Crippen LogP contribution in [0.4, 0.5) is 5.69 Å². The minimum atomic E-state index is -0.216. The molecule has 0 fully saturated rings. The minimum absolute atomic E-state index is 0.0522. The van der Waals surface area contributed by atoms with E-state index in [4.69, 9.17) is 0 Å². The van der Waals surface area contributed by atoms with E-state index in [0.29, 0.717) is 6.54 Å². The lowest BCUT2D eigenvalue weighted by Crippen LogP contribution is -2.42. The number of carbonyl (C=O) groups excluding carboxylic acids is 1. The number of hydrogen-bond acceptors (Lipinski definition) is 2. The standard InChI is InChI=1S/C25H20N2O/c28-25-22-12-6-7-13-23(22)26-24(27(25)17-18-8-2-1-3-9-18)21-15-14-19-10-4-5-11-20(19)16-21/h1-16,24,26H,17H2. The number of hydrogen-bond donors (Lipinski definition) is 1. The number of amides is 1. The zero-order valence-electron chi connectivity index (χ0n) is 15.4. The Morgan fingerprint density at radius 3 is 2.32 bits per heavy atom. The molecule has 5 rings (SSSR count). The van der Waals surface area contributed by atoms with E-state index in [2.05, 4.69) is 47.8 Å². The van der Waals surface area contributed by atoms with E-state index in [0.717, 1.165) is 22.4 Å². The van der Waals surface area contributed by atoms with Gasteiger partial charge in [0.05, 0.1) is 5.56 Å². The lowest BCUT2D eigenvalue weighted by Gasteiger charge is -2.38. The van der Waals surface area contributed by atoms with Crippen LogP contribution in [-0.4, -0.2) is 10.8 Å². The fraction of sp³-hybridized carbons (Fsp3) is 0.0800. The van der Waals surface area contributed by atoms with Gasteiger partial charge in [-0.2, -0.15) is 0 Å². The number of fused-ring (bicyclic) bond motifs is 2. The van der Waals surface area contributed by atoms with Gasteiger partial charge in [-0.05, 0) is 40.1 Å². The lowest BCUT2D eigenvalue weighted by atomic mass is 10.00. The van der Waals surface area contributed by atoms with Gasteiger partial charge >= 0.3 is 0 Å². The first-order valence-electron chi connectivity index (χ1n) is 9.49. The summed E-state index contributed by atoms with van der Waals surface area (Å²) in [5.41, 5.74) is 3.80. The van der Waals surface area contributed by atoms with Crippen LogP contribution in [0.3, 0.4) is 0 Å². The average Bonchev–Trinajstić information content (AvgIpc) is 2.76. The highest BCUT2D eigenvalue weighted by Crippen LogP contribution is 2.35. The maximum absolute atomic E-state index is 13.4. The second-order valence-electron chi connectivity index (χ2n) is 7.12. The number of carbonyl (C=O) groups is 1. The monoisotopic (exact) mass is 364 g/mol. The third-order valence-corrected chi connectivity index (χ3v) is 5.31. The summed E-state index contributed by atoms with van der Waals surface area (Å²) in [6.07, 6.45) is -0.216. The normalized spacial score (nSPS) is 15.9. The first-order chi connectivity index (χ1) is 13.8. The lowest BCUT2D eigenvalue weighted by molar-refractivity contribution is 0.0666. The summed E-state index contributed by atoms with van der Waals surface area (Å²) < 4.78 is 0. The Kier molecular flexibility index (Phi) is 4.06. The molecule has 1 atom stereocenters. The summed E-state index contributed by atoms with van der Waals surface area (Å²) in [5, 5.41) is 5.96. The predicted molar refractivity (Wildman–Crippen MR) is 113 cm³/mol. The number of nitrogens with zero attached hydrogens (tertiary/aromatic N) is 1. The minimum Gasteiger partial charge on any atom is -0.361 e. The summed E-state index contributed by atoms with van der Waals surface area (Å²) in [5.74, 6) is 0.0522. The smallest absolute Gasteiger partial charge is 0.258 e. The van der Waals surface area contributed by atoms with Crippen molar-refractivity contribution in [3.8, 4) is 0 Å². The molecule has 4 aromatic carbocycles. The molecule has 1 unspecified atom stereocenters. The molecule has 1 aliphatic heterocycles. The molecular weight excluding hydrogens is 344 g/mol. The van der Waals surface area contributed by atoms with Gasteiger partial charge in [0.2, 0.25) is 0 Å². The van der Waals surface area contributed by atoms with Gasteiger partial charge in [-0.1, -0.05) is 78.9 Å². The molecule has 28 heavy (non-hydrogen) atoms. The molecule has 1 aliphatic rings. The molecule has 0 spiro atoms. The van der Waals surface area contributed by atoms with Gasteiger partial charge in [-0.25, -0.2) is 0 Å². The van der Waals surface area contributed by atoms with Gasteiger partial charge in [-0.15, -0.1) is 0 Å². The van der Waals surface area contributed by atoms with Crippen LogP contribution in [0.25, 0.3) is 10.8 Å². The Morgan fingerprint density at radius 1 is 0.750 bits per heavy atom. The molecule has 0 saturated heterocycles. The van der Waals surface area contributed by atoms with Crippen LogP contribution in [0, 0.1) is 0 Å². The van der Waals surface area contributed by atoms with Crippen LogP contribution in [0.15, 0.2) is 97.1 Å². The van der Waals surface area contributed by atoms with Crippen molar-refractivity contribution >= 4 is 22.4 Å². The Hall–Kier alpha value is -3.59. The Bertz CT molecular complexity index is 1150. The fourth-order valence-corrected chi connectivity index (χ4v) is 3.88. The molecule has 3 nitrogen and oxygen atoms in total. The van der Waals surface area contributed by atoms with Crippen molar-refractivity contribution in [3.63, 3.8) is 0 Å². The zero-order chi connectivity index (χ0) is 18.9. The van der Waals surface area contributed by atoms with Crippen molar-refractivity contribution in [1.82, 2.24) is 4.90 Å². The summed E-state index contributed by atoms with van der Waals surface area (Å²) in [6, 6.07) is 32.6. The van der Waals surface area contributed by atoms with E-state index < -0.39 is 0 Å². The number of nitrogens with one attached hydrogen (secondary N) is 1. The average molecular weight is 364 g/mol. The molecule has 3 heteroatoms. The third-order valence-electron chi connectivity index (χ3n) is 5.31. The van der Waals surface area contributed by atoms with Gasteiger partial charge in [-0.3, -0.25) is 4.79 Å². The Balaban J connectivity index is 1.60. The van der Waals surface area contributed by atoms with E-state index in [-0.39, 0.29) is 12.1 Å². The van der Waals surface area contributed by atoms with Crippen LogP contribution in [-0.2, 0) is 6.54 Å². The molecule has 0 aromatic heterocycles. The maximum atomic E-state index is 13.4. The van der Waals surface area contributed by atoms with E-state index in [9.17, 15) is 4.79 Å². The fourth-order valence-electron chi connectivity index (χ4n) is 3.88. The van der Waals surface area contributed by atoms with Gasteiger partial charge in [0.25, 0.3) is 5.91 Å². The van der Waals surface area contributed by atoms with Crippen molar-refractivity contribution in [2.24, 2.45) is 0 Å². The maximum Gasteiger partial charge on any atom is 0.258 e. The van der Waals surface area contributed by atoms with Crippen molar-refractivity contribution in [3.05, 3.63) is 114 Å². The second-order valence-corrected chi connectivity index (χ2v) is 7.12. The molecule has 1 amide bonds. The quantitative estimate of drug-likeness (QED) is 0.513. The summed E-state index contributed by atoms with van der Waals surface area (Å²) >= 11 is 0. The number of anilines is 1. The first kappa shape index (κ1) is 16.6. The van der Waals surface area contributed by atoms with Crippen LogP contribution >= 0.6 is 0 Å². The second kappa shape index (κ2) is 6.86. The number of rotatable bonds is 3. The van der Waals surface area contributed by atoms with Crippen LogP contribution in [0.1, 0.15) is 27.7 Å². The van der Waals surface area contributed by atoms with Gasteiger partial charge < -0.3 is 10.2 Å². The molecule has 136 valence electrons. The van der Waals surface area contributed by atoms with Gasteiger partial charge in [0.15, 0.2) is 0 Å². The highest BCUT2D eigenvalue weighted by atomic mass is 16.2. The molecule has 1 heterocycles. The molecule has 0 aliphatic carbocycles. The van der Waals surface area contributed by atoms with Crippen LogP contribution in [0.5, 0.6) is 0 Å². The van der Waals surface area contributed by atoms with Crippen LogP contribution in [0.2, 0.25) is 0 Å². The summed E-state index contributed by atoms with van der Waals surface area (Å²) in [7, 11) is 0. The van der Waals surface area contributed by atoms with E-state index in [1.807, 2.05) is 59.5 Å². The topological polar surface area (TPSA) is 32.3 Å². The van der Waals surface area contributed by atoms with Crippen molar-refractivity contribution in [2.45, 2.75) is 12.7 Å². The molecule has 0 saturated carbocycles. The van der Waals surface area contributed by atoms with E-state index in [1.165, 1.54) is 10.8 Å². The Morgan fingerprint density at radius 2 is 1.46 bits per heavy atom. The van der Waals surface area contributed by atoms with Crippen LogP contribution < -0.4 is 5.32 Å². The largest absolute Gasteiger partial charge is 0.361 e. The van der Waals surface area contributed by atoms with Crippen molar-refractivity contribution in [2.75, 3.05) is 5.32 Å². The molecule has 0 radical (unpaired) electrons.